The first-order valence-corrected chi connectivity index (χ1v) is 14.3. The Morgan fingerprint density at radius 1 is 0.975 bits per heavy atom. The van der Waals surface area contributed by atoms with E-state index in [1.807, 2.05) is 4.68 Å². The molecule has 1 atom stereocenters. The van der Waals surface area contributed by atoms with Gasteiger partial charge in [0.05, 0.1) is 38.2 Å². The van der Waals surface area contributed by atoms with E-state index in [0.29, 0.717) is 44.8 Å². The zero-order valence-corrected chi connectivity index (χ0v) is 22.6. The van der Waals surface area contributed by atoms with Gasteiger partial charge in [-0.2, -0.15) is 5.10 Å². The summed E-state index contributed by atoms with van der Waals surface area (Å²) in [6.45, 7) is 9.26. The molecule has 0 spiro atoms. The minimum atomic E-state index is -4.75. The van der Waals surface area contributed by atoms with Gasteiger partial charge >= 0.3 is 6.36 Å². The van der Waals surface area contributed by atoms with Crippen LogP contribution in [-0.2, 0) is 22.3 Å². The molecular formula is C28H36F3N5O4. The smallest absolute Gasteiger partial charge is 0.406 e. The molecule has 0 unspecified atom stereocenters. The Hall–Kier alpha value is -2.67. The Morgan fingerprint density at radius 3 is 2.45 bits per heavy atom. The van der Waals surface area contributed by atoms with E-state index in [1.54, 1.807) is 11.0 Å². The number of benzene rings is 1. The van der Waals surface area contributed by atoms with Crippen molar-refractivity contribution >= 4 is 5.91 Å². The Labute approximate surface area is 231 Å². The number of carbonyl (C=O) groups excluding carboxylic acids is 1. The lowest BCUT2D eigenvalue weighted by atomic mass is 9.88. The highest BCUT2D eigenvalue weighted by Gasteiger charge is 2.36. The van der Waals surface area contributed by atoms with Crippen LogP contribution in [0.1, 0.15) is 40.5 Å². The fourth-order valence-electron chi connectivity index (χ4n) is 6.35. The third-order valence-electron chi connectivity index (χ3n) is 8.38. The van der Waals surface area contributed by atoms with E-state index in [2.05, 4.69) is 14.5 Å². The first-order chi connectivity index (χ1) is 19.4. The van der Waals surface area contributed by atoms with Crippen molar-refractivity contribution < 1.29 is 32.2 Å². The zero-order chi connectivity index (χ0) is 27.7. The molecule has 2 aromatic rings. The second-order valence-electron chi connectivity index (χ2n) is 10.9. The second-order valence-corrected chi connectivity index (χ2v) is 10.9. The van der Waals surface area contributed by atoms with Crippen LogP contribution in [0.15, 0.2) is 18.2 Å². The maximum Gasteiger partial charge on any atom is 0.573 e. The lowest BCUT2D eigenvalue weighted by Gasteiger charge is -2.36. The predicted octanol–water partition coefficient (Wildman–Crippen LogP) is 2.99. The molecule has 0 radical (unpaired) electrons. The summed E-state index contributed by atoms with van der Waals surface area (Å²) in [5.74, 6) is -0.323. The minimum Gasteiger partial charge on any atom is -0.406 e. The number of halogens is 3. The second kappa shape index (κ2) is 11.7. The highest BCUT2D eigenvalue weighted by Crippen LogP contribution is 2.40. The molecule has 4 aliphatic rings. The van der Waals surface area contributed by atoms with Gasteiger partial charge in [-0.15, -0.1) is 13.2 Å². The highest BCUT2D eigenvalue weighted by atomic mass is 19.4. The maximum atomic E-state index is 13.7. The van der Waals surface area contributed by atoms with Crippen molar-refractivity contribution in [2.24, 2.45) is 0 Å². The molecule has 1 aromatic carbocycles. The van der Waals surface area contributed by atoms with E-state index < -0.39 is 6.36 Å². The van der Waals surface area contributed by atoms with Crippen LogP contribution < -0.4 is 4.74 Å². The van der Waals surface area contributed by atoms with E-state index in [1.165, 1.54) is 12.1 Å². The first-order valence-electron chi connectivity index (χ1n) is 14.3. The van der Waals surface area contributed by atoms with Crippen molar-refractivity contribution in [1.29, 1.82) is 0 Å². The molecule has 40 heavy (non-hydrogen) atoms. The van der Waals surface area contributed by atoms with Crippen molar-refractivity contribution in [2.75, 3.05) is 78.8 Å². The third-order valence-corrected chi connectivity index (χ3v) is 8.38. The summed E-state index contributed by atoms with van der Waals surface area (Å²) < 4.78 is 55.8. The summed E-state index contributed by atoms with van der Waals surface area (Å²) in [5.41, 5.74) is 3.81. The topological polar surface area (TPSA) is 72.3 Å². The SMILES string of the molecule is O=C(c1nn([C@H]2CCCN(CCN3CCOCC3)C2)c2c1CCc1cc(OC(F)(F)F)ccc1-2)N1CCOCC1. The van der Waals surface area contributed by atoms with Gasteiger partial charge in [0, 0.05) is 56.9 Å². The number of fused-ring (bicyclic) bond motifs is 3. The fraction of sp³-hybridized carbons (Fsp3) is 0.643. The molecule has 1 aliphatic carbocycles. The number of morpholine rings is 2. The number of alkyl halides is 3. The molecule has 3 aliphatic heterocycles. The summed E-state index contributed by atoms with van der Waals surface area (Å²) in [5, 5.41) is 4.98. The molecule has 4 heterocycles. The molecular weight excluding hydrogens is 527 g/mol. The zero-order valence-electron chi connectivity index (χ0n) is 22.6. The first kappa shape index (κ1) is 27.5. The van der Waals surface area contributed by atoms with Gasteiger partial charge in [0.1, 0.15) is 5.75 Å². The van der Waals surface area contributed by atoms with Crippen LogP contribution in [0.2, 0.25) is 0 Å². The van der Waals surface area contributed by atoms with Crippen LogP contribution in [-0.4, -0.2) is 116 Å². The number of carbonyl (C=O) groups is 1. The van der Waals surface area contributed by atoms with Gasteiger partial charge < -0.3 is 19.1 Å². The summed E-state index contributed by atoms with van der Waals surface area (Å²) in [4.78, 5) is 20.3. The molecule has 12 heteroatoms. The van der Waals surface area contributed by atoms with Crippen LogP contribution in [0.5, 0.6) is 5.75 Å². The van der Waals surface area contributed by atoms with Crippen LogP contribution in [0.25, 0.3) is 11.3 Å². The van der Waals surface area contributed by atoms with E-state index >= 15 is 0 Å². The fourth-order valence-corrected chi connectivity index (χ4v) is 6.35. The molecule has 1 aromatic heterocycles. The lowest BCUT2D eigenvalue weighted by molar-refractivity contribution is -0.274. The van der Waals surface area contributed by atoms with Crippen LogP contribution in [0.4, 0.5) is 13.2 Å². The van der Waals surface area contributed by atoms with Crippen molar-refractivity contribution in [3.8, 4) is 17.0 Å². The molecule has 1 amide bonds. The van der Waals surface area contributed by atoms with Crippen molar-refractivity contribution in [1.82, 2.24) is 24.5 Å². The molecule has 3 fully saturated rings. The molecule has 0 saturated carbocycles. The van der Waals surface area contributed by atoms with Gasteiger partial charge in [0.25, 0.3) is 5.91 Å². The number of piperidine rings is 1. The van der Waals surface area contributed by atoms with E-state index in [-0.39, 0.29) is 17.7 Å². The molecule has 218 valence electrons. The highest BCUT2D eigenvalue weighted by molar-refractivity contribution is 5.96. The summed E-state index contributed by atoms with van der Waals surface area (Å²) in [7, 11) is 0. The lowest BCUT2D eigenvalue weighted by Crippen LogP contribution is -2.44. The van der Waals surface area contributed by atoms with Crippen molar-refractivity contribution in [3.05, 3.63) is 35.0 Å². The number of hydrogen-bond donors (Lipinski definition) is 0. The van der Waals surface area contributed by atoms with Gasteiger partial charge in [0.2, 0.25) is 0 Å². The maximum absolute atomic E-state index is 13.7. The van der Waals surface area contributed by atoms with E-state index in [0.717, 1.165) is 87.7 Å². The summed E-state index contributed by atoms with van der Waals surface area (Å²) >= 11 is 0. The number of amides is 1. The summed E-state index contributed by atoms with van der Waals surface area (Å²) in [6, 6.07) is 4.59. The van der Waals surface area contributed by atoms with Gasteiger partial charge in [-0.25, -0.2) is 0 Å². The predicted molar refractivity (Wildman–Crippen MR) is 140 cm³/mol. The quantitative estimate of drug-likeness (QED) is 0.535. The van der Waals surface area contributed by atoms with Gasteiger partial charge in [-0.05, 0) is 56.0 Å². The molecule has 0 bridgehead atoms. The average molecular weight is 564 g/mol. The standard InChI is InChI=1S/C28H36F3N5O4/c29-28(30,31)40-22-4-6-23-20(18-22)3-5-24-25(27(37)35-12-16-39-17-13-35)32-36(26(23)24)21-2-1-7-34(19-21)9-8-33-10-14-38-15-11-33/h4,6,18,21H,1-3,5,7-17,19H2/t21-/m0/s1. The van der Waals surface area contributed by atoms with Crippen LogP contribution in [0.3, 0.4) is 0 Å². The minimum absolute atomic E-state index is 0.0653. The molecule has 3 saturated heterocycles. The van der Waals surface area contributed by atoms with Gasteiger partial charge in [-0.1, -0.05) is 0 Å². The van der Waals surface area contributed by atoms with Gasteiger partial charge in [0.15, 0.2) is 5.69 Å². The number of aromatic nitrogens is 2. The number of ether oxygens (including phenoxy) is 3. The Morgan fingerprint density at radius 2 is 1.70 bits per heavy atom. The van der Waals surface area contributed by atoms with Crippen LogP contribution in [0, 0.1) is 0 Å². The summed E-state index contributed by atoms with van der Waals surface area (Å²) in [6.07, 6.45) is -1.75. The Bertz CT molecular complexity index is 1210. The molecule has 9 nitrogen and oxygen atoms in total. The Kier molecular flexibility index (Phi) is 8.02. The van der Waals surface area contributed by atoms with E-state index in [4.69, 9.17) is 14.6 Å². The number of likely N-dealkylation sites (tertiary alicyclic amines) is 1. The van der Waals surface area contributed by atoms with Crippen molar-refractivity contribution in [2.45, 2.75) is 38.1 Å². The average Bonchev–Trinajstić information content (AvgIpc) is 3.36. The number of hydrogen-bond acceptors (Lipinski definition) is 7. The third kappa shape index (κ3) is 6.00. The monoisotopic (exact) mass is 563 g/mol. The normalized spacial score (nSPS) is 22.6. The molecule has 0 N–H and O–H groups in total. The van der Waals surface area contributed by atoms with Gasteiger partial charge in [-0.3, -0.25) is 19.3 Å². The largest absolute Gasteiger partial charge is 0.573 e. The van der Waals surface area contributed by atoms with Crippen LogP contribution >= 0.6 is 0 Å². The van der Waals surface area contributed by atoms with Crippen molar-refractivity contribution in [3.63, 3.8) is 0 Å². The Balaban J connectivity index is 1.30. The number of rotatable bonds is 6. The van der Waals surface area contributed by atoms with E-state index in [9.17, 15) is 18.0 Å². The number of aryl methyl sites for hydroxylation is 1. The number of nitrogens with zero attached hydrogens (tertiary/aromatic N) is 5. The molecule has 6 rings (SSSR count).